The molecule has 1 aromatic heterocycles. The fourth-order valence-corrected chi connectivity index (χ4v) is 4.08. The van der Waals surface area contributed by atoms with Crippen LogP contribution in [0.4, 0.5) is 0 Å². The van der Waals surface area contributed by atoms with E-state index in [9.17, 15) is 0 Å². The number of halogens is 2. The van der Waals surface area contributed by atoms with E-state index >= 15 is 0 Å². The summed E-state index contributed by atoms with van der Waals surface area (Å²) in [7, 11) is 0. The molecule has 114 valence electrons. The lowest BCUT2D eigenvalue weighted by Gasteiger charge is -2.35. The molecule has 0 aliphatic heterocycles. The van der Waals surface area contributed by atoms with Crippen LogP contribution in [-0.2, 0) is 6.42 Å². The summed E-state index contributed by atoms with van der Waals surface area (Å²) in [4.78, 5) is 4.85. The lowest BCUT2D eigenvalue weighted by Crippen LogP contribution is -2.24. The number of hydrogen-bond donors (Lipinski definition) is 0. The number of imidazole rings is 1. The van der Waals surface area contributed by atoms with E-state index < -0.39 is 0 Å². The molecule has 3 rings (SSSR count). The van der Waals surface area contributed by atoms with Crippen LogP contribution in [0.3, 0.4) is 0 Å². The summed E-state index contributed by atoms with van der Waals surface area (Å²) in [5, 5.41) is 0. The first-order valence-electron chi connectivity index (χ1n) is 7.72. The van der Waals surface area contributed by atoms with Gasteiger partial charge in [-0.15, -0.1) is 11.6 Å². The van der Waals surface area contributed by atoms with Crippen molar-refractivity contribution in [1.82, 2.24) is 9.55 Å². The van der Waals surface area contributed by atoms with Gasteiger partial charge in [0.25, 0.3) is 0 Å². The van der Waals surface area contributed by atoms with Crippen LogP contribution >= 0.6 is 34.2 Å². The van der Waals surface area contributed by atoms with Gasteiger partial charge < -0.3 is 4.57 Å². The van der Waals surface area contributed by atoms with Crippen molar-refractivity contribution in [2.45, 2.75) is 52.0 Å². The van der Waals surface area contributed by atoms with Gasteiger partial charge in [-0.05, 0) is 71.9 Å². The summed E-state index contributed by atoms with van der Waals surface area (Å²) in [6.45, 7) is 4.77. The SMILES string of the molecule is CC1(C)CCC(n2c(CCCl)nc3cc(I)ccc32)CC1. The number of hydrogen-bond acceptors (Lipinski definition) is 1. The van der Waals surface area contributed by atoms with Crippen LogP contribution < -0.4 is 0 Å². The van der Waals surface area contributed by atoms with E-state index in [-0.39, 0.29) is 0 Å². The van der Waals surface area contributed by atoms with E-state index in [1.165, 1.54) is 34.8 Å². The third kappa shape index (κ3) is 3.24. The van der Waals surface area contributed by atoms with Crippen molar-refractivity contribution in [2.75, 3.05) is 5.88 Å². The highest BCUT2D eigenvalue weighted by Gasteiger charge is 2.29. The second-order valence-electron chi connectivity index (χ2n) is 6.87. The number of aromatic nitrogens is 2. The Hall–Kier alpha value is -0.290. The number of nitrogens with zero attached hydrogens (tertiary/aromatic N) is 2. The van der Waals surface area contributed by atoms with Crippen molar-refractivity contribution in [2.24, 2.45) is 5.41 Å². The largest absolute Gasteiger partial charge is 0.325 e. The minimum absolute atomic E-state index is 0.495. The minimum Gasteiger partial charge on any atom is -0.325 e. The third-order valence-electron chi connectivity index (χ3n) is 4.72. The molecule has 1 aromatic carbocycles. The first-order chi connectivity index (χ1) is 10.00. The summed E-state index contributed by atoms with van der Waals surface area (Å²) in [5.74, 6) is 1.80. The molecule has 0 bridgehead atoms. The molecule has 1 aliphatic carbocycles. The van der Waals surface area contributed by atoms with Crippen LogP contribution in [0.2, 0.25) is 0 Å². The normalized spacial score (nSPS) is 19.2. The molecule has 4 heteroatoms. The highest BCUT2D eigenvalue weighted by Crippen LogP contribution is 2.41. The van der Waals surface area contributed by atoms with E-state index in [1.807, 2.05) is 0 Å². The average Bonchev–Trinajstić information content (AvgIpc) is 2.76. The summed E-state index contributed by atoms with van der Waals surface area (Å²) in [6, 6.07) is 7.16. The van der Waals surface area contributed by atoms with Crippen molar-refractivity contribution in [3.63, 3.8) is 0 Å². The maximum absolute atomic E-state index is 6.00. The standard InChI is InChI=1S/C17H22ClIN2/c1-17(2)8-5-13(6-9-17)21-15-4-3-12(19)11-14(15)20-16(21)7-10-18/h3-4,11,13H,5-10H2,1-2H3. The van der Waals surface area contributed by atoms with Gasteiger partial charge in [-0.3, -0.25) is 0 Å². The Labute approximate surface area is 145 Å². The molecule has 1 fully saturated rings. The number of fused-ring (bicyclic) bond motifs is 1. The molecular formula is C17H22ClIN2. The zero-order valence-corrected chi connectivity index (χ0v) is 15.6. The molecule has 1 heterocycles. The quantitative estimate of drug-likeness (QED) is 0.473. The topological polar surface area (TPSA) is 17.8 Å². The Morgan fingerprint density at radius 3 is 2.71 bits per heavy atom. The molecule has 1 saturated carbocycles. The zero-order chi connectivity index (χ0) is 15.0. The predicted octanol–water partition coefficient (Wildman–Crippen LogP) is 5.56. The lowest BCUT2D eigenvalue weighted by atomic mass is 9.75. The van der Waals surface area contributed by atoms with Crippen LogP contribution in [0.5, 0.6) is 0 Å². The summed E-state index contributed by atoms with van der Waals surface area (Å²) >= 11 is 8.35. The Kier molecular flexibility index (Phi) is 4.51. The third-order valence-corrected chi connectivity index (χ3v) is 5.58. The van der Waals surface area contributed by atoms with Crippen LogP contribution in [0.1, 0.15) is 51.4 Å². The van der Waals surface area contributed by atoms with Crippen LogP contribution in [0, 0.1) is 8.99 Å². The summed E-state index contributed by atoms with van der Waals surface area (Å²) < 4.78 is 3.72. The highest BCUT2D eigenvalue weighted by atomic mass is 127. The number of benzene rings is 1. The van der Waals surface area contributed by atoms with Crippen molar-refractivity contribution >= 4 is 45.2 Å². The van der Waals surface area contributed by atoms with Crippen molar-refractivity contribution in [1.29, 1.82) is 0 Å². The lowest BCUT2D eigenvalue weighted by molar-refractivity contribution is 0.194. The second kappa shape index (κ2) is 6.07. The molecule has 0 unspecified atom stereocenters. The van der Waals surface area contributed by atoms with Gasteiger partial charge in [-0.2, -0.15) is 0 Å². The number of rotatable bonds is 3. The van der Waals surface area contributed by atoms with E-state index in [2.05, 4.69) is 59.2 Å². The molecule has 0 amide bonds. The summed E-state index contributed by atoms with van der Waals surface area (Å²) in [5.41, 5.74) is 2.89. The Bertz CT molecular complexity index is 638. The molecule has 0 atom stereocenters. The smallest absolute Gasteiger partial charge is 0.111 e. The molecular weight excluding hydrogens is 395 g/mol. The van der Waals surface area contributed by atoms with E-state index in [1.54, 1.807) is 0 Å². The van der Waals surface area contributed by atoms with Gasteiger partial charge in [0.05, 0.1) is 11.0 Å². The Balaban J connectivity index is 2.01. The first kappa shape index (κ1) is 15.6. The van der Waals surface area contributed by atoms with Gasteiger partial charge in [-0.25, -0.2) is 4.98 Å². The fraction of sp³-hybridized carbons (Fsp3) is 0.588. The van der Waals surface area contributed by atoms with Crippen molar-refractivity contribution < 1.29 is 0 Å². The van der Waals surface area contributed by atoms with Gasteiger partial charge >= 0.3 is 0 Å². The van der Waals surface area contributed by atoms with Gasteiger partial charge in [0.1, 0.15) is 5.82 Å². The predicted molar refractivity (Wildman–Crippen MR) is 98.2 cm³/mol. The fourth-order valence-electron chi connectivity index (χ4n) is 3.43. The van der Waals surface area contributed by atoms with E-state index in [4.69, 9.17) is 16.6 Å². The zero-order valence-electron chi connectivity index (χ0n) is 12.7. The highest BCUT2D eigenvalue weighted by molar-refractivity contribution is 14.1. The average molecular weight is 417 g/mol. The van der Waals surface area contributed by atoms with Gasteiger partial charge in [0.15, 0.2) is 0 Å². The van der Waals surface area contributed by atoms with Crippen LogP contribution in [-0.4, -0.2) is 15.4 Å². The molecule has 0 radical (unpaired) electrons. The number of alkyl halides is 1. The van der Waals surface area contributed by atoms with Gasteiger partial charge in [0, 0.05) is 21.9 Å². The number of aryl methyl sites for hydroxylation is 1. The second-order valence-corrected chi connectivity index (χ2v) is 8.49. The monoisotopic (exact) mass is 416 g/mol. The maximum atomic E-state index is 6.00. The Morgan fingerprint density at radius 2 is 2.05 bits per heavy atom. The molecule has 21 heavy (non-hydrogen) atoms. The van der Waals surface area contributed by atoms with Crippen LogP contribution in [0.25, 0.3) is 11.0 Å². The van der Waals surface area contributed by atoms with Gasteiger partial charge in [0.2, 0.25) is 0 Å². The van der Waals surface area contributed by atoms with E-state index in [0.717, 1.165) is 17.8 Å². The summed E-state index contributed by atoms with van der Waals surface area (Å²) in [6.07, 6.45) is 5.94. The maximum Gasteiger partial charge on any atom is 0.111 e. The van der Waals surface area contributed by atoms with Crippen molar-refractivity contribution in [3.8, 4) is 0 Å². The van der Waals surface area contributed by atoms with E-state index in [0.29, 0.717) is 17.3 Å². The first-order valence-corrected chi connectivity index (χ1v) is 9.34. The molecule has 0 spiro atoms. The minimum atomic E-state index is 0.495. The molecule has 2 aromatic rings. The molecule has 2 nitrogen and oxygen atoms in total. The molecule has 0 saturated heterocycles. The van der Waals surface area contributed by atoms with Crippen LogP contribution in [0.15, 0.2) is 18.2 Å². The van der Waals surface area contributed by atoms with Gasteiger partial charge in [-0.1, -0.05) is 13.8 Å². The molecule has 1 aliphatic rings. The molecule has 0 N–H and O–H groups in total. The van der Waals surface area contributed by atoms with Crippen molar-refractivity contribution in [3.05, 3.63) is 27.6 Å². The Morgan fingerprint density at radius 1 is 1.33 bits per heavy atom.